The van der Waals surface area contributed by atoms with Gasteiger partial charge in [-0.1, -0.05) is 77.0 Å². The van der Waals surface area contributed by atoms with E-state index >= 15 is 0 Å². The van der Waals surface area contributed by atoms with Gasteiger partial charge in [-0.25, -0.2) is 0 Å². The van der Waals surface area contributed by atoms with Gasteiger partial charge in [-0.05, 0) is 489 Å². The quantitative estimate of drug-likeness (QED) is 0.225. The van der Waals surface area contributed by atoms with Gasteiger partial charge in [-0.2, -0.15) is 0 Å². The van der Waals surface area contributed by atoms with Crippen molar-refractivity contribution in [1.29, 1.82) is 0 Å². The van der Waals surface area contributed by atoms with Crippen molar-refractivity contribution in [3.8, 4) is 0 Å². The SMILES string of the molecule is C1CCCCC2C3C4C5CC6C7C8C9C(C%10C%11C%12C%13C%14CC%15C%16C%17C%18C(C%19C%20C%21CCCCCCCCC%22C(C%23C%24CC%25C%26C%27C%19C%20%19C%21C%20C%21C%23C%24%25C%26%21C%27%20%19)C%19CC3C2%22%19)C2C3C%19C%20CC%21C%22C%23C%10C%11%10C%12%11C%13%12C%14%15C%16%13C%17%14C%182C32C%193C%21%20C%22%15C%23%10C%11%10C%12%13C%142C%153%10)C2C(CCC1)C1C3C%10C4C56C7%10C83C291.[2H]N.[2H]N.[2H]N. The highest BCUT2D eigenvalue weighted by molar-refractivity contribution is 6.07. The molecule has 0 radical (unpaired) electrons. The summed E-state index contributed by atoms with van der Waals surface area (Å²) in [7, 11) is 0. The van der Waals surface area contributed by atoms with Gasteiger partial charge in [0.25, 0.3) is 0 Å². The molecule has 81 aliphatic rings. The molecule has 9 N–H and O–H groups in total. The third kappa shape index (κ3) is 1.63. The zero-order chi connectivity index (χ0) is 62.2. The maximum Gasteiger partial charge on any atom is 0.115 e. The average Bonchev–Trinajstić information content (AvgIpc) is 0.432. The van der Waals surface area contributed by atoms with Crippen LogP contribution in [0, 0.1) is 431 Å². The molecule has 3 nitrogen and oxygen atoms in total. The molecule has 81 rings (SSSR count). The Balaban J connectivity index is 0.000000741. The van der Waals surface area contributed by atoms with Crippen LogP contribution in [0.25, 0.3) is 0 Å². The van der Waals surface area contributed by atoms with E-state index in [0.29, 0.717) is 0 Å². The third-order valence-corrected chi connectivity index (χ3v) is 68.3. The van der Waals surface area contributed by atoms with Crippen LogP contribution in [-0.4, -0.2) is 0 Å². The summed E-state index contributed by atoms with van der Waals surface area (Å²) in [5.74, 6) is 66.7. The molecule has 0 aliphatic heterocycles. The molecule has 0 heterocycles. The summed E-state index contributed by atoms with van der Waals surface area (Å²) in [6, 6.07) is 0. The number of fused-ring (bicyclic) bond motifs is 6. The van der Waals surface area contributed by atoms with Gasteiger partial charge in [0, 0.05) is 0 Å². The van der Waals surface area contributed by atoms with Crippen LogP contribution in [0.15, 0.2) is 0 Å². The molecule has 0 aromatic heterocycles. The molecule has 0 aromatic carbocycles. The molecule has 500 valence electrons. The lowest BCUT2D eigenvalue weighted by Gasteiger charge is -3.61. The molecule has 99 heavy (non-hydrogen) atoms. The third-order valence-electron chi connectivity index (χ3n) is 68.3. The van der Waals surface area contributed by atoms with Gasteiger partial charge in [0.15, 0.2) is 0 Å². The smallest absolute Gasteiger partial charge is 0.115 e. The van der Waals surface area contributed by atoms with Crippen molar-refractivity contribution >= 4 is 0 Å². The van der Waals surface area contributed by atoms with Crippen molar-refractivity contribution in [3.63, 3.8) is 0 Å². The standard InChI is InChI=1S/C96H92.3H3N/c1-3-7-11-15-24-36-26-17-27-37-25(72(24,26)27)16-12-8-4-2-6-10-14-23-45-41(57-65-49-31-19-29-39(37)55-67-63-47(23)76(45,57)82(63,65)80(49,67)74(29,31)55)43-60-70-52-34-20-32-50-68-58-42(40-44-22(13-9-5-1)46-62-66-54-38(36)28-18-30-48-64-56(40)75(44,46)81(62,64)79(48,66)73(28,30)54)59-69-51-33-21-35-53-71-61(43)84(60)91(70)87(52)77(32,34)85(50)89(68)83(58,59)90(69)86(51)78(33,35)88(53)92(71,84)96(91)93(85,87)95(89,90)94(86,88)96;;;/h22-71H,1-21H2;3*1H3/i/hD3. The first kappa shape index (κ1) is 42.7. The lowest BCUT2D eigenvalue weighted by molar-refractivity contribution is -1.17. The summed E-state index contributed by atoms with van der Waals surface area (Å²) in [6.07, 6.45) is 47.6. The minimum absolute atomic E-state index is 0.898. The zero-order valence-corrected chi connectivity index (χ0v) is 57.9. The van der Waals surface area contributed by atoms with Crippen molar-refractivity contribution in [2.24, 2.45) is 431 Å². The first-order valence-electron chi connectivity index (χ1n) is 49.5. The van der Waals surface area contributed by atoms with Crippen LogP contribution in [0.3, 0.4) is 0 Å². The molecule has 25 spiro atoms. The average molecular weight is 1300 g/mol. The molecule has 0 saturated heterocycles. The lowest BCUT2D eigenvalue weighted by atomic mass is 8.41. The van der Waals surface area contributed by atoms with Crippen molar-refractivity contribution in [1.82, 2.24) is 18.4 Å². The van der Waals surface area contributed by atoms with E-state index in [1.807, 2.05) is 32.1 Å². The number of rotatable bonds is 0. The van der Waals surface area contributed by atoms with E-state index in [1.165, 1.54) is 296 Å². The van der Waals surface area contributed by atoms with Gasteiger partial charge in [-0.15, -0.1) is 0 Å². The minimum Gasteiger partial charge on any atom is -0.344 e. The molecule has 81 saturated carbocycles. The Morgan fingerprint density at radius 1 is 0.182 bits per heavy atom. The fourth-order valence-electron chi connectivity index (χ4n) is 80.1. The van der Waals surface area contributed by atoms with Crippen LogP contribution in [-0.2, 0) is 0 Å². The van der Waals surface area contributed by atoms with E-state index < -0.39 is 0 Å². The molecule has 3 heteroatoms. The number of hydrogen-bond donors (Lipinski definition) is 3. The van der Waals surface area contributed by atoms with Crippen molar-refractivity contribution in [2.45, 2.75) is 135 Å². The van der Waals surface area contributed by atoms with Crippen molar-refractivity contribution < 1.29 is 4.24 Å². The molecule has 0 amide bonds. The predicted octanol–water partition coefficient (Wildman–Crippen LogP) is 14.8. The largest absolute Gasteiger partial charge is 0.344 e. The fourth-order valence-corrected chi connectivity index (χ4v) is 80.1. The first-order valence-corrected chi connectivity index (χ1v) is 47.8. The Labute approximate surface area is 585 Å². The van der Waals surface area contributed by atoms with Gasteiger partial charge in [0.05, 0.1) is 0 Å². The Kier molecular flexibility index (Phi) is 3.85. The van der Waals surface area contributed by atoms with Gasteiger partial charge in [-0.3, -0.25) is 0 Å². The Bertz CT molecular complexity index is 4900. The molecule has 81 aliphatic carbocycles. The Morgan fingerprint density at radius 2 is 0.485 bits per heavy atom. The van der Waals surface area contributed by atoms with E-state index in [0.717, 1.165) is 135 Å². The van der Waals surface area contributed by atoms with E-state index in [9.17, 15) is 0 Å². The minimum atomic E-state index is 0.898. The van der Waals surface area contributed by atoms with Crippen LogP contribution in [0.5, 0.6) is 0 Å². The normalized spacial score (nSPS) is 108. The van der Waals surface area contributed by atoms with Crippen LogP contribution < -0.4 is 18.4 Å². The molecule has 0 aromatic rings. The fraction of sp³-hybridized carbons (Fsp3) is 1.00. The van der Waals surface area contributed by atoms with E-state index in [1.54, 1.807) is 103 Å². The second-order valence-corrected chi connectivity index (χ2v) is 55.7. The Hall–Kier alpha value is -0.120. The molecule has 81 fully saturated rings. The van der Waals surface area contributed by atoms with Gasteiger partial charge < -0.3 is 18.4 Å². The summed E-state index contributed by atoms with van der Waals surface area (Å²) in [6.45, 7) is 0. The van der Waals surface area contributed by atoms with Crippen LogP contribution in [0.4, 0.5) is 0 Å². The monoisotopic (exact) mass is 1300 g/mol. The summed E-state index contributed by atoms with van der Waals surface area (Å²) in [5.41, 5.74) is 26.4. The maximum atomic E-state index is 5.25. The highest BCUT2D eigenvalue weighted by Gasteiger charge is 3.63. The van der Waals surface area contributed by atoms with Crippen molar-refractivity contribution in [2.75, 3.05) is 0 Å². The zero-order valence-electron chi connectivity index (χ0n) is 60.9. The lowest BCUT2D eigenvalue weighted by Crippen LogP contribution is -3.60. The maximum absolute atomic E-state index is 5.25. The summed E-state index contributed by atoms with van der Waals surface area (Å²) < 4.78 is 15.8. The van der Waals surface area contributed by atoms with E-state index in [-0.39, 0.29) is 0 Å². The van der Waals surface area contributed by atoms with Crippen molar-refractivity contribution in [3.05, 3.63) is 0 Å². The molecular formula is C96H101N3. The highest BCUT2D eigenvalue weighted by atomic mass is 15.6. The first-order chi connectivity index (χ1) is 50.8. The van der Waals surface area contributed by atoms with Crippen LogP contribution in [0.2, 0.25) is 4.24 Å². The van der Waals surface area contributed by atoms with Crippen LogP contribution in [0.1, 0.15) is 135 Å². The predicted molar refractivity (Wildman–Crippen MR) is 347 cm³/mol. The molecule has 64 unspecified atom stereocenters. The highest BCUT2D eigenvalue weighted by Crippen LogP contribution is 3.64. The second kappa shape index (κ2) is 8.92. The summed E-state index contributed by atoms with van der Waals surface area (Å²) >= 11 is 0. The Morgan fingerprint density at radius 3 is 0.889 bits per heavy atom. The second-order valence-electron chi connectivity index (χ2n) is 55.7. The van der Waals surface area contributed by atoms with Gasteiger partial charge in [0.2, 0.25) is 0 Å². The van der Waals surface area contributed by atoms with E-state index in [2.05, 4.69) is 18.4 Å². The van der Waals surface area contributed by atoms with E-state index in [4.69, 9.17) is 4.24 Å². The molecule has 64 atom stereocenters. The molecular weight excluding hydrogens is 1200 g/mol. The number of hydrogen-bond acceptors (Lipinski definition) is 3. The van der Waals surface area contributed by atoms with Gasteiger partial charge >= 0.3 is 0 Å². The summed E-state index contributed by atoms with van der Waals surface area (Å²) in [4.78, 5) is 0. The topological polar surface area (TPSA) is 105 Å². The molecule has 47 bridgehead atoms. The summed E-state index contributed by atoms with van der Waals surface area (Å²) in [5, 5.41) is 0. The van der Waals surface area contributed by atoms with Gasteiger partial charge in [0.1, 0.15) is 4.24 Å². The van der Waals surface area contributed by atoms with Crippen LogP contribution >= 0.6 is 0 Å².